The number of hydrogen-bond acceptors (Lipinski definition) is 15. The average Bonchev–Trinajstić information content (AvgIpc) is 3.17. The number of carbonyl (C=O) groups is 1. The molecule has 5 unspecified atom stereocenters. The number of hydrogen-bond donors (Lipinski definition) is 5. The number of phenolic OH excluding ortho intramolecular Hbond substituents is 2. The number of aromatic hydroxyl groups is 2. The molecular formula is C40H46O15. The second-order valence-corrected chi connectivity index (χ2v) is 14.0. The van der Waals surface area contributed by atoms with E-state index in [-0.39, 0.29) is 42.3 Å². The summed E-state index contributed by atoms with van der Waals surface area (Å²) in [6.07, 6.45) is -7.76. The molecule has 3 aliphatic rings. The van der Waals surface area contributed by atoms with Gasteiger partial charge in [0.05, 0.1) is 64.1 Å². The van der Waals surface area contributed by atoms with E-state index < -0.39 is 55.5 Å². The number of methoxy groups -OCH3 is 4. The van der Waals surface area contributed by atoms with Gasteiger partial charge in [0, 0.05) is 59.2 Å². The van der Waals surface area contributed by atoms with Crippen molar-refractivity contribution < 1.29 is 73.0 Å². The van der Waals surface area contributed by atoms with Crippen LogP contribution in [-0.2, 0) is 48.1 Å². The van der Waals surface area contributed by atoms with Gasteiger partial charge in [0.2, 0.25) is 6.29 Å². The molecule has 5 N–H and O–H groups in total. The van der Waals surface area contributed by atoms with E-state index in [1.54, 1.807) is 19.1 Å². The predicted molar refractivity (Wildman–Crippen MR) is 196 cm³/mol. The molecule has 4 aromatic carbocycles. The van der Waals surface area contributed by atoms with Crippen molar-refractivity contribution in [3.05, 3.63) is 46.5 Å². The maximum Gasteiger partial charge on any atom is 0.303 e. The zero-order valence-electron chi connectivity index (χ0n) is 31.6. The number of carbonyl (C=O) groups excluding carboxylic acids is 1. The van der Waals surface area contributed by atoms with Crippen molar-refractivity contribution in [3.8, 4) is 45.6 Å². The predicted octanol–water partition coefficient (Wildman–Crippen LogP) is 3.91. The molecule has 0 amide bonds. The monoisotopic (exact) mass is 766 g/mol. The lowest BCUT2D eigenvalue weighted by Crippen LogP contribution is -2.60. The van der Waals surface area contributed by atoms with Gasteiger partial charge in [0.15, 0.2) is 6.10 Å². The van der Waals surface area contributed by atoms with Crippen molar-refractivity contribution in [2.75, 3.05) is 35.0 Å². The summed E-state index contributed by atoms with van der Waals surface area (Å²) < 4.78 is 52.8. The van der Waals surface area contributed by atoms with Gasteiger partial charge >= 0.3 is 5.97 Å². The molecule has 0 saturated carbocycles. The summed E-state index contributed by atoms with van der Waals surface area (Å²) in [5.74, 6) is 0.278. The molecule has 15 nitrogen and oxygen atoms in total. The van der Waals surface area contributed by atoms with E-state index >= 15 is 0 Å². The van der Waals surface area contributed by atoms with E-state index in [4.69, 9.17) is 42.6 Å². The van der Waals surface area contributed by atoms with Gasteiger partial charge in [-0.1, -0.05) is 0 Å². The minimum atomic E-state index is -1.57. The Kier molecular flexibility index (Phi) is 10.6. The third kappa shape index (κ3) is 6.43. The minimum Gasteiger partial charge on any atom is -0.507 e. The molecule has 0 spiro atoms. The Bertz CT molecular complexity index is 2130. The van der Waals surface area contributed by atoms with Gasteiger partial charge in [-0.25, -0.2) is 0 Å². The largest absolute Gasteiger partial charge is 0.507 e. The van der Waals surface area contributed by atoms with Gasteiger partial charge < -0.3 is 68.2 Å². The highest BCUT2D eigenvalue weighted by Gasteiger charge is 2.46. The first kappa shape index (κ1) is 38.7. The molecule has 7 rings (SSSR count). The minimum absolute atomic E-state index is 0.0525. The number of fused-ring (bicyclic) bond motifs is 4. The SMILES string of the molecule is COc1cc(OC)c2c(O)c3c(cc2c1-c1c2c(c(O)c4c(OC)cc(OC5OC(CO)C(OC)C(O)C5O)cc14)CO[C@@H](C)C2)[C@H](OC(C)=O)[C@H](C)OC3. The highest BCUT2D eigenvalue weighted by atomic mass is 16.7. The van der Waals surface area contributed by atoms with Crippen LogP contribution in [0.15, 0.2) is 24.3 Å². The molecule has 296 valence electrons. The number of ether oxygens (including phenoxy) is 9. The van der Waals surface area contributed by atoms with Crippen molar-refractivity contribution in [3.63, 3.8) is 0 Å². The van der Waals surface area contributed by atoms with Crippen LogP contribution in [0.1, 0.15) is 49.1 Å². The Morgan fingerprint density at radius 2 is 1.44 bits per heavy atom. The summed E-state index contributed by atoms with van der Waals surface area (Å²) in [4.78, 5) is 12.3. The summed E-state index contributed by atoms with van der Waals surface area (Å²) in [6.45, 7) is 4.63. The Morgan fingerprint density at radius 1 is 0.800 bits per heavy atom. The number of phenols is 2. The van der Waals surface area contributed by atoms with Crippen molar-refractivity contribution >= 4 is 27.5 Å². The van der Waals surface area contributed by atoms with Crippen molar-refractivity contribution in [1.82, 2.24) is 0 Å². The summed E-state index contributed by atoms with van der Waals surface area (Å²) in [5.41, 5.74) is 3.33. The Morgan fingerprint density at radius 3 is 2.07 bits per heavy atom. The van der Waals surface area contributed by atoms with Crippen molar-refractivity contribution in [1.29, 1.82) is 0 Å². The van der Waals surface area contributed by atoms with E-state index in [1.165, 1.54) is 41.4 Å². The maximum atomic E-state index is 12.3. The molecule has 0 bridgehead atoms. The standard InChI is InChI=1S/C40H46O15/c1-16-8-20-24(14-51-16)34(43)32-22(9-19(10-26(32)47-4)54-40-37(46)36(45)39(50-7)29(13-41)55-40)30(20)31-23-11-21-25(15-52-17(2)38(21)53-18(3)42)35(44)33(23)28(49-6)12-27(31)48-5/h9-12,16-17,29,36-41,43-46H,8,13-15H2,1-7H3/t16-,17-,29?,36?,37?,38+,39?,40?/m0/s1. The first-order chi connectivity index (χ1) is 26.4. The van der Waals surface area contributed by atoms with Crippen LogP contribution >= 0.6 is 0 Å². The van der Waals surface area contributed by atoms with Gasteiger partial charge in [-0.2, -0.15) is 0 Å². The lowest BCUT2D eigenvalue weighted by Gasteiger charge is -2.41. The lowest BCUT2D eigenvalue weighted by atomic mass is 9.81. The summed E-state index contributed by atoms with van der Waals surface area (Å²) >= 11 is 0. The van der Waals surface area contributed by atoms with Gasteiger partial charge in [0.1, 0.15) is 58.9 Å². The van der Waals surface area contributed by atoms with Gasteiger partial charge in [-0.3, -0.25) is 4.79 Å². The smallest absolute Gasteiger partial charge is 0.303 e. The topological polar surface area (TPSA) is 201 Å². The average molecular weight is 767 g/mol. The Labute approximate surface area is 316 Å². The molecule has 8 atom stereocenters. The molecule has 1 fully saturated rings. The van der Waals surface area contributed by atoms with Gasteiger partial charge in [0.25, 0.3) is 0 Å². The maximum absolute atomic E-state index is 12.3. The van der Waals surface area contributed by atoms with Crippen molar-refractivity contribution in [2.24, 2.45) is 0 Å². The third-order valence-corrected chi connectivity index (χ3v) is 10.8. The molecule has 4 aromatic rings. The first-order valence-electron chi connectivity index (χ1n) is 17.9. The summed E-state index contributed by atoms with van der Waals surface area (Å²) in [7, 11) is 5.75. The van der Waals surface area contributed by atoms with Crippen LogP contribution < -0.4 is 18.9 Å². The number of esters is 1. The van der Waals surface area contributed by atoms with Crippen molar-refractivity contribution in [2.45, 2.75) is 89.4 Å². The molecular weight excluding hydrogens is 720 g/mol. The molecule has 1 saturated heterocycles. The van der Waals surface area contributed by atoms with E-state index in [0.29, 0.717) is 67.3 Å². The Hall–Kier alpha value is -4.61. The fraction of sp³-hybridized carbons (Fsp3) is 0.475. The van der Waals surface area contributed by atoms with E-state index in [9.17, 15) is 30.3 Å². The normalized spacial score (nSPS) is 26.3. The van der Waals surface area contributed by atoms with Crippen LogP contribution in [-0.4, -0.2) is 109 Å². The van der Waals surface area contributed by atoms with Crippen LogP contribution in [0.3, 0.4) is 0 Å². The molecule has 0 radical (unpaired) electrons. The molecule has 3 aliphatic heterocycles. The number of aliphatic hydroxyl groups is 3. The highest BCUT2D eigenvalue weighted by Crippen LogP contribution is 2.55. The molecule has 0 aromatic heterocycles. The first-order valence-corrected chi connectivity index (χ1v) is 17.9. The second-order valence-electron chi connectivity index (χ2n) is 14.0. The highest BCUT2D eigenvalue weighted by molar-refractivity contribution is 6.15. The zero-order chi connectivity index (χ0) is 39.5. The van der Waals surface area contributed by atoms with E-state index in [1.807, 2.05) is 13.0 Å². The zero-order valence-corrected chi connectivity index (χ0v) is 31.6. The summed E-state index contributed by atoms with van der Waals surface area (Å²) in [5, 5.41) is 57.4. The quantitative estimate of drug-likeness (QED) is 0.153. The van der Waals surface area contributed by atoms with Crippen LogP contribution in [0, 0.1) is 0 Å². The number of benzene rings is 4. The molecule has 0 aliphatic carbocycles. The van der Waals surface area contributed by atoms with E-state index in [0.717, 1.165) is 5.56 Å². The van der Waals surface area contributed by atoms with Crippen LogP contribution in [0.2, 0.25) is 0 Å². The van der Waals surface area contributed by atoms with Crippen LogP contribution in [0.5, 0.6) is 34.5 Å². The summed E-state index contributed by atoms with van der Waals surface area (Å²) in [6, 6.07) is 6.68. The number of rotatable bonds is 9. The number of aliphatic hydroxyl groups excluding tert-OH is 3. The molecule has 15 heteroatoms. The fourth-order valence-electron chi connectivity index (χ4n) is 8.13. The van der Waals surface area contributed by atoms with Crippen LogP contribution in [0.25, 0.3) is 32.7 Å². The van der Waals surface area contributed by atoms with Crippen LogP contribution in [0.4, 0.5) is 0 Å². The molecule has 3 heterocycles. The Balaban J connectivity index is 1.56. The van der Waals surface area contributed by atoms with E-state index in [2.05, 4.69) is 0 Å². The van der Waals surface area contributed by atoms with Gasteiger partial charge in [-0.05, 0) is 43.5 Å². The molecule has 55 heavy (non-hydrogen) atoms. The van der Waals surface area contributed by atoms with Gasteiger partial charge in [-0.15, -0.1) is 0 Å². The fourth-order valence-corrected chi connectivity index (χ4v) is 8.13. The second kappa shape index (κ2) is 15.1. The third-order valence-electron chi connectivity index (χ3n) is 10.8. The lowest BCUT2D eigenvalue weighted by molar-refractivity contribution is -0.281.